The Balaban J connectivity index is 1.36. The number of piperazine rings is 1. The summed E-state index contributed by atoms with van der Waals surface area (Å²) in [6.07, 6.45) is 4.21. The zero-order valence-corrected chi connectivity index (χ0v) is 23.0. The number of nitrogens with one attached hydrogen (secondary N) is 1. The Morgan fingerprint density at radius 3 is 2.71 bits per heavy atom. The Morgan fingerprint density at radius 2 is 1.95 bits per heavy atom. The predicted molar refractivity (Wildman–Crippen MR) is 153 cm³/mol. The highest BCUT2D eigenvalue weighted by Crippen LogP contribution is 2.36. The quantitative estimate of drug-likeness (QED) is 0.237. The minimum atomic E-state index is -0.466. The fourth-order valence-electron chi connectivity index (χ4n) is 5.10. The van der Waals surface area contributed by atoms with Crippen LogP contribution in [0.25, 0.3) is 11.0 Å². The summed E-state index contributed by atoms with van der Waals surface area (Å²) in [5.41, 5.74) is 2.22. The van der Waals surface area contributed by atoms with Gasteiger partial charge in [-0.05, 0) is 44.5 Å². The maximum Gasteiger partial charge on any atom is 0.273 e. The van der Waals surface area contributed by atoms with Crippen molar-refractivity contribution in [3.63, 3.8) is 0 Å². The third kappa shape index (κ3) is 5.72. The number of hydrogen-bond acceptors (Lipinski definition) is 11. The summed E-state index contributed by atoms with van der Waals surface area (Å²) in [6.45, 7) is 4.54. The van der Waals surface area contributed by atoms with E-state index in [1.807, 2.05) is 12.1 Å². The third-order valence-electron chi connectivity index (χ3n) is 7.39. The molecule has 13 heteroatoms. The minimum absolute atomic E-state index is 0.0809. The molecule has 6 rings (SSSR count). The lowest BCUT2D eigenvalue weighted by Gasteiger charge is -2.34. The number of ether oxygens (including phenoxy) is 3. The van der Waals surface area contributed by atoms with Crippen LogP contribution < -0.4 is 19.7 Å². The second-order valence-corrected chi connectivity index (χ2v) is 10.2. The van der Waals surface area contributed by atoms with Crippen LogP contribution in [-0.4, -0.2) is 76.5 Å². The van der Waals surface area contributed by atoms with Crippen molar-refractivity contribution in [1.29, 1.82) is 0 Å². The lowest BCUT2D eigenvalue weighted by atomic mass is 10.2. The topological polar surface area (TPSA) is 133 Å². The lowest BCUT2D eigenvalue weighted by molar-refractivity contribution is -0.384. The van der Waals surface area contributed by atoms with Crippen LogP contribution in [-0.2, 0) is 4.74 Å². The standard InChI is InChI=1S/C28H32N8O5/c1-33-11-13-34(14-12-33)19-9-10-23(24(17-19)39-2)30-28-31-26-22(18-29-35(26)25-8-3-4-15-40-25)27(32-28)41-21-7-5-6-20(16-21)36(37)38/h5-7,9-10,16-18,25H,3-4,8,11-15H2,1-2H3,(H,30,31,32). The van der Waals surface area contributed by atoms with Gasteiger partial charge in [0.15, 0.2) is 11.9 Å². The molecule has 0 spiro atoms. The maximum absolute atomic E-state index is 11.3. The van der Waals surface area contributed by atoms with Gasteiger partial charge in [-0.1, -0.05) is 6.07 Å². The summed E-state index contributed by atoms with van der Waals surface area (Å²) in [5, 5.41) is 19.7. The Kier molecular flexibility index (Phi) is 7.53. The molecule has 2 aromatic heterocycles. The Hall–Kier alpha value is -4.49. The molecule has 0 radical (unpaired) electrons. The number of anilines is 3. The van der Waals surface area contributed by atoms with Crippen molar-refractivity contribution >= 4 is 34.0 Å². The van der Waals surface area contributed by atoms with Gasteiger partial charge in [0, 0.05) is 50.6 Å². The molecule has 0 amide bonds. The number of nitro groups is 1. The van der Waals surface area contributed by atoms with Crippen molar-refractivity contribution < 1.29 is 19.1 Å². The van der Waals surface area contributed by atoms with Gasteiger partial charge in [-0.15, -0.1) is 0 Å². The molecule has 13 nitrogen and oxygen atoms in total. The number of nitrogens with zero attached hydrogens (tertiary/aromatic N) is 7. The smallest absolute Gasteiger partial charge is 0.273 e. The fourth-order valence-corrected chi connectivity index (χ4v) is 5.10. The van der Waals surface area contributed by atoms with E-state index >= 15 is 0 Å². The van der Waals surface area contributed by atoms with Gasteiger partial charge in [0.05, 0.1) is 30.0 Å². The first-order valence-corrected chi connectivity index (χ1v) is 13.7. The number of benzene rings is 2. The molecule has 1 atom stereocenters. The molecule has 4 heterocycles. The van der Waals surface area contributed by atoms with Crippen LogP contribution in [0.3, 0.4) is 0 Å². The maximum atomic E-state index is 11.3. The van der Waals surface area contributed by atoms with E-state index < -0.39 is 4.92 Å². The fraction of sp³-hybridized carbons (Fsp3) is 0.393. The number of rotatable bonds is 8. The highest BCUT2D eigenvalue weighted by Gasteiger charge is 2.23. The van der Waals surface area contributed by atoms with Gasteiger partial charge in [0.2, 0.25) is 11.8 Å². The van der Waals surface area contributed by atoms with E-state index in [1.54, 1.807) is 30.1 Å². The average Bonchev–Trinajstić information content (AvgIpc) is 3.43. The molecule has 0 bridgehead atoms. The summed E-state index contributed by atoms with van der Waals surface area (Å²) in [6, 6.07) is 12.0. The average molecular weight is 561 g/mol. The molecule has 0 saturated carbocycles. The van der Waals surface area contributed by atoms with Crippen molar-refractivity contribution in [2.45, 2.75) is 25.5 Å². The Labute approximate surface area is 236 Å². The number of nitro benzene ring substituents is 1. The van der Waals surface area contributed by atoms with Crippen molar-refractivity contribution in [1.82, 2.24) is 24.6 Å². The Morgan fingerprint density at radius 1 is 1.10 bits per heavy atom. The lowest BCUT2D eigenvalue weighted by Crippen LogP contribution is -2.44. The van der Waals surface area contributed by atoms with Gasteiger partial charge in [-0.3, -0.25) is 10.1 Å². The first-order valence-electron chi connectivity index (χ1n) is 13.7. The SMILES string of the molecule is COc1cc(N2CCN(C)CC2)ccc1Nc1nc(Oc2cccc([N+](=O)[O-])c2)c2cnn(C3CCCCO3)c2n1. The van der Waals surface area contributed by atoms with Crippen molar-refractivity contribution in [3.05, 3.63) is 58.8 Å². The monoisotopic (exact) mass is 560 g/mol. The van der Waals surface area contributed by atoms with Crippen LogP contribution >= 0.6 is 0 Å². The number of aromatic nitrogens is 4. The van der Waals surface area contributed by atoms with E-state index in [0.717, 1.165) is 51.1 Å². The van der Waals surface area contributed by atoms with Gasteiger partial charge in [-0.25, -0.2) is 4.68 Å². The molecule has 214 valence electrons. The second kappa shape index (κ2) is 11.6. The highest BCUT2D eigenvalue weighted by atomic mass is 16.6. The normalized spacial score (nSPS) is 17.9. The van der Waals surface area contributed by atoms with Crippen LogP contribution in [0.4, 0.5) is 23.0 Å². The first-order chi connectivity index (χ1) is 20.0. The largest absolute Gasteiger partial charge is 0.494 e. The number of hydrogen-bond donors (Lipinski definition) is 1. The zero-order chi connectivity index (χ0) is 28.3. The van der Waals surface area contributed by atoms with Crippen LogP contribution in [0.1, 0.15) is 25.5 Å². The molecule has 2 aliphatic rings. The van der Waals surface area contributed by atoms with Gasteiger partial charge in [-0.2, -0.15) is 15.1 Å². The molecular formula is C28H32N8O5. The van der Waals surface area contributed by atoms with E-state index in [-0.39, 0.29) is 29.5 Å². The summed E-state index contributed by atoms with van der Waals surface area (Å²) >= 11 is 0. The number of fused-ring (bicyclic) bond motifs is 1. The second-order valence-electron chi connectivity index (χ2n) is 10.2. The van der Waals surface area contributed by atoms with E-state index in [2.05, 4.69) is 38.3 Å². The molecular weight excluding hydrogens is 528 g/mol. The summed E-state index contributed by atoms with van der Waals surface area (Å²) in [5.74, 6) is 1.41. The van der Waals surface area contributed by atoms with Gasteiger partial charge >= 0.3 is 0 Å². The van der Waals surface area contributed by atoms with Crippen molar-refractivity contribution in [2.75, 3.05) is 57.2 Å². The zero-order valence-electron chi connectivity index (χ0n) is 23.0. The predicted octanol–water partition coefficient (Wildman–Crippen LogP) is 4.73. The summed E-state index contributed by atoms with van der Waals surface area (Å²) in [7, 11) is 3.76. The van der Waals surface area contributed by atoms with E-state index in [9.17, 15) is 10.1 Å². The highest BCUT2D eigenvalue weighted by molar-refractivity contribution is 5.82. The van der Waals surface area contributed by atoms with Crippen molar-refractivity contribution in [3.8, 4) is 17.4 Å². The number of likely N-dealkylation sites (N-methyl/N-ethyl adjacent to an activating group) is 1. The first kappa shape index (κ1) is 26.7. The van der Waals surface area contributed by atoms with Gasteiger partial charge in [0.25, 0.3) is 5.69 Å². The molecule has 41 heavy (non-hydrogen) atoms. The van der Waals surface area contributed by atoms with Gasteiger partial charge in [0.1, 0.15) is 16.9 Å². The molecule has 2 saturated heterocycles. The summed E-state index contributed by atoms with van der Waals surface area (Å²) in [4.78, 5) is 24.9. The Bertz CT molecular complexity index is 1550. The molecule has 1 N–H and O–H groups in total. The minimum Gasteiger partial charge on any atom is -0.494 e. The van der Waals surface area contributed by atoms with Crippen LogP contribution in [0, 0.1) is 10.1 Å². The summed E-state index contributed by atoms with van der Waals surface area (Å²) < 4.78 is 19.6. The van der Waals surface area contributed by atoms with Crippen LogP contribution in [0.15, 0.2) is 48.7 Å². The molecule has 2 aromatic carbocycles. The van der Waals surface area contributed by atoms with Crippen LogP contribution in [0.2, 0.25) is 0 Å². The number of non-ortho nitro benzene ring substituents is 1. The molecule has 2 aliphatic heterocycles. The molecule has 4 aromatic rings. The third-order valence-corrected chi connectivity index (χ3v) is 7.39. The van der Waals surface area contributed by atoms with Crippen molar-refractivity contribution in [2.24, 2.45) is 0 Å². The molecule has 1 unspecified atom stereocenters. The van der Waals surface area contributed by atoms with E-state index in [0.29, 0.717) is 29.1 Å². The van der Waals surface area contributed by atoms with Crippen LogP contribution in [0.5, 0.6) is 17.4 Å². The van der Waals surface area contributed by atoms with E-state index in [1.165, 1.54) is 12.1 Å². The van der Waals surface area contributed by atoms with E-state index in [4.69, 9.17) is 19.2 Å². The molecule has 0 aliphatic carbocycles. The molecule has 2 fully saturated rings. The number of methoxy groups -OCH3 is 1. The van der Waals surface area contributed by atoms with Gasteiger partial charge < -0.3 is 29.3 Å².